The third-order valence-electron chi connectivity index (χ3n) is 3.60. The average molecular weight is 365 g/mol. The van der Waals surface area contributed by atoms with Crippen molar-refractivity contribution in [3.8, 4) is 10.7 Å². The van der Waals surface area contributed by atoms with Crippen molar-refractivity contribution in [2.24, 2.45) is 0 Å². The fraction of sp³-hybridized carbons (Fsp3) is 0.214. The zero-order chi connectivity index (χ0) is 16.7. The van der Waals surface area contributed by atoms with Crippen molar-refractivity contribution in [3.63, 3.8) is 0 Å². The summed E-state index contributed by atoms with van der Waals surface area (Å²) in [6, 6.07) is 4.99. The van der Waals surface area contributed by atoms with Gasteiger partial charge in [0.15, 0.2) is 17.5 Å². The van der Waals surface area contributed by atoms with Gasteiger partial charge in [-0.15, -0.1) is 0 Å². The lowest BCUT2D eigenvalue weighted by molar-refractivity contribution is -0.380. The molecule has 10 heteroatoms. The van der Waals surface area contributed by atoms with Crippen LogP contribution in [0.25, 0.3) is 10.7 Å². The molecule has 0 atom stereocenters. The van der Waals surface area contributed by atoms with Gasteiger partial charge >= 0.3 is 5.00 Å². The first-order chi connectivity index (χ1) is 11.6. The summed E-state index contributed by atoms with van der Waals surface area (Å²) in [7, 11) is 0. The summed E-state index contributed by atoms with van der Waals surface area (Å²) in [5.74, 6) is 1.97. The third-order valence-corrected chi connectivity index (χ3v) is 4.91. The molecule has 0 bridgehead atoms. The maximum Gasteiger partial charge on any atom is 0.324 e. The Balaban J connectivity index is 0.00000182. The molecule has 0 radical (unpaired) electrons. The highest BCUT2D eigenvalue weighted by Crippen LogP contribution is 2.40. The topological polar surface area (TPSA) is 110 Å². The molecule has 1 saturated carbocycles. The van der Waals surface area contributed by atoms with Gasteiger partial charge in [0.05, 0.1) is 16.0 Å². The van der Waals surface area contributed by atoms with Gasteiger partial charge in [0.1, 0.15) is 5.02 Å². The van der Waals surface area contributed by atoms with E-state index in [1.165, 1.54) is 25.1 Å². The summed E-state index contributed by atoms with van der Waals surface area (Å²) >= 11 is 7.16. The fourth-order valence-electron chi connectivity index (χ4n) is 2.24. The number of aromatic nitrogens is 4. The highest BCUT2D eigenvalue weighted by atomic mass is 35.5. The predicted molar refractivity (Wildman–Crippen MR) is 93.0 cm³/mol. The van der Waals surface area contributed by atoms with E-state index in [9.17, 15) is 10.1 Å². The van der Waals surface area contributed by atoms with Crippen LogP contribution >= 0.6 is 22.9 Å². The van der Waals surface area contributed by atoms with Crippen LogP contribution in [-0.2, 0) is 0 Å². The van der Waals surface area contributed by atoms with Crippen molar-refractivity contribution < 1.29 is 6.35 Å². The SMILES string of the molecule is O=[N+]([O-])c1ccc(-c2ncc(Cl)c(Nc3cc(C4CC4)[nH]n3)n2)s1.[HH]. The van der Waals surface area contributed by atoms with Crippen LogP contribution in [0.3, 0.4) is 0 Å². The molecule has 4 rings (SSSR count). The number of nitro groups is 1. The molecule has 0 saturated heterocycles. The molecule has 8 nitrogen and oxygen atoms in total. The molecular formula is C14H13ClN6O2S. The van der Waals surface area contributed by atoms with Gasteiger partial charge in [-0.2, -0.15) is 5.10 Å². The van der Waals surface area contributed by atoms with Crippen molar-refractivity contribution in [2.75, 3.05) is 5.32 Å². The van der Waals surface area contributed by atoms with Crippen molar-refractivity contribution in [2.45, 2.75) is 18.8 Å². The summed E-state index contributed by atoms with van der Waals surface area (Å²) in [6.45, 7) is 0. The Morgan fingerprint density at radius 1 is 1.46 bits per heavy atom. The minimum atomic E-state index is -0.438. The molecule has 124 valence electrons. The van der Waals surface area contributed by atoms with Crippen LogP contribution in [0.2, 0.25) is 5.02 Å². The zero-order valence-electron chi connectivity index (χ0n) is 12.2. The van der Waals surface area contributed by atoms with E-state index in [1.807, 2.05) is 6.07 Å². The van der Waals surface area contributed by atoms with E-state index >= 15 is 0 Å². The monoisotopic (exact) mass is 364 g/mol. The van der Waals surface area contributed by atoms with Gasteiger partial charge in [0.25, 0.3) is 0 Å². The highest BCUT2D eigenvalue weighted by molar-refractivity contribution is 7.18. The number of aromatic amines is 1. The van der Waals surface area contributed by atoms with Crippen molar-refractivity contribution in [1.82, 2.24) is 20.2 Å². The molecular weight excluding hydrogens is 352 g/mol. The number of halogens is 1. The smallest absolute Gasteiger partial charge is 0.322 e. The third kappa shape index (κ3) is 2.95. The number of nitrogens with zero attached hydrogens (tertiary/aromatic N) is 4. The van der Waals surface area contributed by atoms with Crippen LogP contribution in [0.4, 0.5) is 16.6 Å². The van der Waals surface area contributed by atoms with E-state index in [2.05, 4.69) is 25.5 Å². The number of rotatable bonds is 5. The van der Waals surface area contributed by atoms with Gasteiger partial charge in [-0.25, -0.2) is 9.97 Å². The number of hydrogen-bond acceptors (Lipinski definition) is 7. The molecule has 0 aliphatic heterocycles. The van der Waals surface area contributed by atoms with Gasteiger partial charge in [-0.1, -0.05) is 22.9 Å². The molecule has 0 aromatic carbocycles. The van der Waals surface area contributed by atoms with E-state index in [-0.39, 0.29) is 6.43 Å². The minimum Gasteiger partial charge on any atom is -0.322 e. The quantitative estimate of drug-likeness (QED) is 0.514. The molecule has 0 amide bonds. The Morgan fingerprint density at radius 2 is 2.29 bits per heavy atom. The van der Waals surface area contributed by atoms with Crippen molar-refractivity contribution in [1.29, 1.82) is 0 Å². The lowest BCUT2D eigenvalue weighted by atomic mass is 10.3. The molecule has 1 aliphatic carbocycles. The molecule has 2 N–H and O–H groups in total. The van der Waals surface area contributed by atoms with Gasteiger partial charge < -0.3 is 5.32 Å². The first-order valence-electron chi connectivity index (χ1n) is 7.19. The fourth-order valence-corrected chi connectivity index (χ4v) is 3.14. The Morgan fingerprint density at radius 3 is 3.00 bits per heavy atom. The summed E-state index contributed by atoms with van der Waals surface area (Å²) in [4.78, 5) is 19.5. The van der Waals surface area contributed by atoms with Crippen LogP contribution in [0, 0.1) is 10.1 Å². The lowest BCUT2D eigenvalue weighted by Gasteiger charge is -2.05. The van der Waals surface area contributed by atoms with Gasteiger partial charge in [0, 0.05) is 25.2 Å². The Bertz CT molecular complexity index is 926. The maximum absolute atomic E-state index is 10.8. The summed E-state index contributed by atoms with van der Waals surface area (Å²) in [6.07, 6.45) is 3.82. The minimum absolute atomic E-state index is 0. The van der Waals surface area contributed by atoms with E-state index in [0.29, 0.717) is 33.3 Å². The number of nitrogens with one attached hydrogen (secondary N) is 2. The molecule has 24 heavy (non-hydrogen) atoms. The van der Waals surface area contributed by atoms with Crippen LogP contribution in [0.1, 0.15) is 25.9 Å². The highest BCUT2D eigenvalue weighted by Gasteiger charge is 2.25. The Kier molecular flexibility index (Phi) is 3.66. The van der Waals surface area contributed by atoms with Crippen LogP contribution in [-0.4, -0.2) is 25.1 Å². The van der Waals surface area contributed by atoms with Crippen LogP contribution in [0.15, 0.2) is 24.4 Å². The normalized spacial score (nSPS) is 13.9. The van der Waals surface area contributed by atoms with Gasteiger partial charge in [-0.05, 0) is 18.9 Å². The van der Waals surface area contributed by atoms with Crippen molar-refractivity contribution >= 4 is 39.6 Å². The largest absolute Gasteiger partial charge is 0.324 e. The van der Waals surface area contributed by atoms with Gasteiger partial charge in [0.2, 0.25) is 0 Å². The molecule has 1 aliphatic rings. The number of H-pyrrole nitrogens is 1. The summed E-state index contributed by atoms with van der Waals surface area (Å²) < 4.78 is 0. The zero-order valence-corrected chi connectivity index (χ0v) is 13.8. The van der Waals surface area contributed by atoms with E-state index in [4.69, 9.17) is 11.6 Å². The van der Waals surface area contributed by atoms with Crippen molar-refractivity contribution in [3.05, 3.63) is 45.2 Å². The second kappa shape index (κ2) is 5.84. The predicted octanol–water partition coefficient (Wildman–Crippen LogP) is 4.36. The van der Waals surface area contributed by atoms with Crippen LogP contribution < -0.4 is 5.32 Å². The number of thiophene rings is 1. The summed E-state index contributed by atoms with van der Waals surface area (Å²) in [5.41, 5.74) is 1.09. The lowest BCUT2D eigenvalue weighted by Crippen LogP contribution is -1.98. The van der Waals surface area contributed by atoms with Crippen LogP contribution in [0.5, 0.6) is 0 Å². The van der Waals surface area contributed by atoms with E-state index in [1.54, 1.807) is 6.07 Å². The van der Waals surface area contributed by atoms with E-state index < -0.39 is 4.92 Å². The molecule has 3 aromatic rings. The Labute approximate surface area is 146 Å². The summed E-state index contributed by atoms with van der Waals surface area (Å²) in [5, 5.41) is 21.4. The van der Waals surface area contributed by atoms with Gasteiger partial charge in [-0.3, -0.25) is 15.2 Å². The second-order valence-electron chi connectivity index (χ2n) is 5.39. The molecule has 3 heterocycles. The molecule has 1 fully saturated rings. The average Bonchev–Trinajstić information content (AvgIpc) is 3.10. The molecule has 3 aromatic heterocycles. The number of anilines is 2. The Hall–Kier alpha value is -2.52. The maximum atomic E-state index is 10.8. The molecule has 0 unspecified atom stereocenters. The second-order valence-corrected chi connectivity index (χ2v) is 6.86. The number of hydrogen-bond donors (Lipinski definition) is 2. The standard InChI is InChI=1S/C14H11ClN6O2S.H2/c15-8-6-16-14(10-3-4-12(24-10)21(22)23)18-13(8)17-11-5-9(19-20-11)7-1-2-7;/h3-7H,1-2H2,(H2,16,17,18,19,20);1H. The first-order valence-corrected chi connectivity index (χ1v) is 8.39. The first kappa shape index (κ1) is 15.0. The molecule has 0 spiro atoms. The van der Waals surface area contributed by atoms with E-state index in [0.717, 1.165) is 17.0 Å².